The maximum atomic E-state index is 15.1. The van der Waals surface area contributed by atoms with Crippen molar-refractivity contribution in [2.45, 2.75) is 45.2 Å². The van der Waals surface area contributed by atoms with Crippen molar-refractivity contribution in [1.82, 2.24) is 0 Å². The molecule has 0 saturated heterocycles. The second kappa shape index (κ2) is 6.99. The number of nitrogens with zero attached hydrogens (tertiary/aromatic N) is 1. The van der Waals surface area contributed by atoms with Crippen molar-refractivity contribution in [2.24, 2.45) is 5.92 Å². The van der Waals surface area contributed by atoms with Gasteiger partial charge < -0.3 is 4.67 Å². The lowest BCUT2D eigenvalue weighted by Gasteiger charge is -2.33. The van der Waals surface area contributed by atoms with Crippen molar-refractivity contribution in [3.8, 4) is 0 Å². The highest BCUT2D eigenvalue weighted by molar-refractivity contribution is 7.39. The van der Waals surface area contributed by atoms with Gasteiger partial charge in [0.15, 0.2) is 5.82 Å². The van der Waals surface area contributed by atoms with Crippen LogP contribution in [0.3, 0.4) is 0 Å². The largest absolute Gasteiger partial charge is 0.417 e. The summed E-state index contributed by atoms with van der Waals surface area (Å²) in [6.07, 6.45) is -3.82. The number of halogens is 4. The van der Waals surface area contributed by atoms with Crippen LogP contribution in [0.25, 0.3) is 0 Å². The molecule has 1 saturated carbocycles. The van der Waals surface area contributed by atoms with Crippen LogP contribution >= 0.6 is 8.73 Å². The zero-order valence-electron chi connectivity index (χ0n) is 14.2. The Morgan fingerprint density at radius 1 is 1.33 bits per heavy atom. The summed E-state index contributed by atoms with van der Waals surface area (Å²) in [5.41, 5.74) is -1.07. The smallest absolute Gasteiger partial charge is 0.354 e. The number of alkyl halides is 3. The van der Waals surface area contributed by atoms with Gasteiger partial charge in [-0.15, -0.1) is 0 Å². The van der Waals surface area contributed by atoms with Crippen LogP contribution in [0.2, 0.25) is 0 Å². The zero-order chi connectivity index (χ0) is 18.2. The lowest BCUT2D eigenvalue weighted by Crippen LogP contribution is -2.26. The minimum absolute atomic E-state index is 0.00391. The molecule has 0 N–H and O–H groups in total. The van der Waals surface area contributed by atoms with E-state index in [2.05, 4.69) is 0 Å². The lowest BCUT2D eigenvalue weighted by molar-refractivity contribution is -0.139. The summed E-state index contributed by atoms with van der Waals surface area (Å²) < 4.78 is 57.6. The highest BCUT2D eigenvalue weighted by Crippen LogP contribution is 2.47. The van der Waals surface area contributed by atoms with E-state index in [4.69, 9.17) is 0 Å². The van der Waals surface area contributed by atoms with Gasteiger partial charge in [0.1, 0.15) is 5.78 Å². The molecule has 1 aliphatic carbocycles. The maximum Gasteiger partial charge on any atom is 0.417 e. The van der Waals surface area contributed by atoms with Crippen LogP contribution in [0, 0.1) is 18.7 Å². The molecule has 1 aliphatic rings. The number of carbonyl (C=O) groups is 1. The van der Waals surface area contributed by atoms with Crippen molar-refractivity contribution in [1.29, 1.82) is 0 Å². The molecule has 0 heterocycles. The summed E-state index contributed by atoms with van der Waals surface area (Å²) >= 11 is 0. The summed E-state index contributed by atoms with van der Waals surface area (Å²) in [4.78, 5) is 11.8. The van der Waals surface area contributed by atoms with Gasteiger partial charge in [-0.2, -0.15) is 13.2 Å². The van der Waals surface area contributed by atoms with E-state index < -0.39 is 23.5 Å². The zero-order valence-corrected chi connectivity index (χ0v) is 15.2. The molecule has 0 radical (unpaired) electrons. The first-order valence-corrected chi connectivity index (χ1v) is 9.35. The molecule has 1 aromatic carbocycles. The first-order chi connectivity index (χ1) is 11.1. The third kappa shape index (κ3) is 3.58. The van der Waals surface area contributed by atoms with E-state index in [1.165, 1.54) is 13.0 Å². The molecule has 0 aliphatic heterocycles. The quantitative estimate of drug-likeness (QED) is 0.538. The predicted molar refractivity (Wildman–Crippen MR) is 89.5 cm³/mol. The minimum Gasteiger partial charge on any atom is -0.354 e. The molecule has 0 bridgehead atoms. The fraction of sp³-hybridized carbons (Fsp3) is 0.588. The molecule has 7 heteroatoms. The molecule has 3 unspecified atom stereocenters. The van der Waals surface area contributed by atoms with Crippen molar-refractivity contribution >= 4 is 20.2 Å². The Bertz CT molecular complexity index is 644. The van der Waals surface area contributed by atoms with Crippen LogP contribution in [0.5, 0.6) is 0 Å². The van der Waals surface area contributed by atoms with E-state index in [0.29, 0.717) is 12.8 Å². The van der Waals surface area contributed by atoms with Crippen LogP contribution in [0.1, 0.15) is 48.8 Å². The van der Waals surface area contributed by atoms with Gasteiger partial charge in [0.25, 0.3) is 0 Å². The molecule has 134 valence electrons. The van der Waals surface area contributed by atoms with Crippen LogP contribution in [0.15, 0.2) is 6.07 Å². The lowest BCUT2D eigenvalue weighted by atomic mass is 9.73. The number of hydrogen-bond donors (Lipinski definition) is 0. The van der Waals surface area contributed by atoms with Gasteiger partial charge >= 0.3 is 6.18 Å². The molecule has 2 rings (SSSR count). The van der Waals surface area contributed by atoms with E-state index in [0.717, 1.165) is 0 Å². The predicted octanol–water partition coefficient (Wildman–Crippen LogP) is 5.29. The van der Waals surface area contributed by atoms with Crippen LogP contribution in [-0.2, 0) is 11.0 Å². The van der Waals surface area contributed by atoms with E-state index >= 15 is 4.39 Å². The second-order valence-electron chi connectivity index (χ2n) is 6.46. The third-order valence-electron chi connectivity index (χ3n) is 4.84. The van der Waals surface area contributed by atoms with Crippen LogP contribution in [-0.4, -0.2) is 19.5 Å². The van der Waals surface area contributed by atoms with Gasteiger partial charge in [0.05, 0.1) is 11.3 Å². The van der Waals surface area contributed by atoms with Crippen LogP contribution in [0.4, 0.5) is 23.2 Å². The van der Waals surface area contributed by atoms with E-state index in [9.17, 15) is 18.0 Å². The summed E-state index contributed by atoms with van der Waals surface area (Å²) in [7, 11) is 1.88. The minimum atomic E-state index is -4.65. The Morgan fingerprint density at radius 2 is 1.96 bits per heavy atom. The first kappa shape index (κ1) is 19.2. The SMILES string of the molecule is CPN(C)c1cc(C)c(C(F)(F)F)c(C2CC(=O)CCC2C)c1F. The standard InChI is InChI=1S/C17H22F4NOP/c1-9-5-6-11(23)8-12(9)14-15(17(19,20)21)10(2)7-13(16(14)18)22(3)24-4/h7,9,12,24H,5-6,8H2,1-4H3. The number of aryl methyl sites for hydroxylation is 1. The van der Waals surface area contributed by atoms with E-state index in [1.54, 1.807) is 18.6 Å². The van der Waals surface area contributed by atoms with E-state index in [-0.39, 0.29) is 43.7 Å². The number of Topliss-reactive ketones (excluding diaryl/α,β-unsaturated/α-hetero) is 1. The molecule has 1 fully saturated rings. The molecule has 0 amide bonds. The number of benzene rings is 1. The molecule has 2 nitrogen and oxygen atoms in total. The Balaban J connectivity index is 2.74. The molecule has 24 heavy (non-hydrogen) atoms. The summed E-state index contributed by atoms with van der Waals surface area (Å²) in [5, 5.41) is 0. The number of carbonyl (C=O) groups excluding carboxylic acids is 1. The first-order valence-electron chi connectivity index (χ1n) is 7.90. The summed E-state index contributed by atoms with van der Waals surface area (Å²) in [6, 6.07) is 1.26. The van der Waals surface area contributed by atoms with Gasteiger partial charge in [-0.1, -0.05) is 6.92 Å². The summed E-state index contributed by atoms with van der Waals surface area (Å²) in [6.45, 7) is 4.99. The molecular formula is C17H22F4NOP. The second-order valence-corrected chi connectivity index (χ2v) is 7.58. The maximum absolute atomic E-state index is 15.1. The normalized spacial score (nSPS) is 22.4. The Hall–Kier alpha value is -1.16. The van der Waals surface area contributed by atoms with Crippen molar-refractivity contribution < 1.29 is 22.4 Å². The number of rotatable bonds is 3. The molecule has 0 spiro atoms. The number of anilines is 1. The van der Waals surface area contributed by atoms with Gasteiger partial charge in [0.2, 0.25) is 0 Å². The van der Waals surface area contributed by atoms with Crippen molar-refractivity contribution in [2.75, 3.05) is 18.4 Å². The Morgan fingerprint density at radius 3 is 2.50 bits per heavy atom. The molecule has 3 atom stereocenters. The fourth-order valence-corrected chi connectivity index (χ4v) is 3.82. The average Bonchev–Trinajstić information content (AvgIpc) is 2.49. The van der Waals surface area contributed by atoms with E-state index in [1.807, 2.05) is 6.66 Å². The van der Waals surface area contributed by atoms with Gasteiger partial charge in [-0.3, -0.25) is 4.79 Å². The fourth-order valence-electron chi connectivity index (χ4n) is 3.41. The molecule has 1 aromatic rings. The highest BCUT2D eigenvalue weighted by atomic mass is 31.1. The third-order valence-corrected chi connectivity index (χ3v) is 5.75. The monoisotopic (exact) mass is 363 g/mol. The van der Waals surface area contributed by atoms with Gasteiger partial charge in [0, 0.05) is 25.5 Å². The van der Waals surface area contributed by atoms with Crippen molar-refractivity contribution in [3.63, 3.8) is 0 Å². The van der Waals surface area contributed by atoms with Gasteiger partial charge in [-0.25, -0.2) is 4.39 Å². The molecular weight excluding hydrogens is 341 g/mol. The number of ketones is 1. The highest BCUT2D eigenvalue weighted by Gasteiger charge is 2.42. The summed E-state index contributed by atoms with van der Waals surface area (Å²) in [5.74, 6) is -1.83. The van der Waals surface area contributed by atoms with Gasteiger partial charge in [-0.05, 0) is 52.2 Å². The topological polar surface area (TPSA) is 20.3 Å². The average molecular weight is 363 g/mol. The Kier molecular flexibility index (Phi) is 5.58. The Labute approximate surface area is 141 Å². The number of hydrogen-bond acceptors (Lipinski definition) is 2. The van der Waals surface area contributed by atoms with Crippen molar-refractivity contribution in [3.05, 3.63) is 28.6 Å². The molecule has 0 aromatic heterocycles. The van der Waals surface area contributed by atoms with Crippen LogP contribution < -0.4 is 4.67 Å².